The zero-order valence-electron chi connectivity index (χ0n) is 10.4. The number of aliphatic hydroxyl groups is 1. The van der Waals surface area contributed by atoms with Crippen LogP contribution in [0.2, 0.25) is 0 Å². The van der Waals surface area contributed by atoms with Gasteiger partial charge in [0.2, 0.25) is 0 Å². The van der Waals surface area contributed by atoms with E-state index in [1.54, 1.807) is 0 Å². The van der Waals surface area contributed by atoms with Gasteiger partial charge in [0.25, 0.3) is 0 Å². The fourth-order valence-electron chi connectivity index (χ4n) is 2.32. The Kier molecular flexibility index (Phi) is 3.79. The first-order valence-electron chi connectivity index (χ1n) is 5.86. The van der Waals surface area contributed by atoms with Crippen molar-refractivity contribution in [2.24, 2.45) is 10.8 Å². The van der Waals surface area contributed by atoms with Gasteiger partial charge in [0.1, 0.15) is 0 Å². The van der Waals surface area contributed by atoms with Crippen LogP contribution in [0.15, 0.2) is 11.6 Å². The van der Waals surface area contributed by atoms with Gasteiger partial charge >= 0.3 is 5.97 Å². The van der Waals surface area contributed by atoms with Crippen LogP contribution in [0.4, 0.5) is 0 Å². The predicted octanol–water partition coefficient (Wildman–Crippen LogP) is 2.60. The molecule has 1 rings (SSSR count). The van der Waals surface area contributed by atoms with Gasteiger partial charge in [0.15, 0.2) is 0 Å². The van der Waals surface area contributed by atoms with Crippen LogP contribution in [0, 0.1) is 10.8 Å². The van der Waals surface area contributed by atoms with Crippen molar-refractivity contribution in [1.82, 2.24) is 0 Å². The smallest absolute Gasteiger partial charge is 0.310 e. The molecular formula is C13H22O3. The highest BCUT2D eigenvalue weighted by Crippen LogP contribution is 2.43. The van der Waals surface area contributed by atoms with Crippen molar-refractivity contribution >= 4 is 5.97 Å². The molecule has 0 saturated heterocycles. The third-order valence-electron chi connectivity index (χ3n) is 3.62. The van der Waals surface area contributed by atoms with Crippen LogP contribution in [-0.2, 0) is 4.79 Å². The van der Waals surface area contributed by atoms with E-state index in [2.05, 4.69) is 26.8 Å². The molecule has 0 radical (unpaired) electrons. The van der Waals surface area contributed by atoms with Gasteiger partial charge in [-0.3, -0.25) is 4.79 Å². The summed E-state index contributed by atoms with van der Waals surface area (Å²) in [7, 11) is 0. The fraction of sp³-hybridized carbons (Fsp3) is 0.769. The summed E-state index contributed by atoms with van der Waals surface area (Å²) in [5, 5.41) is 18.2. The van der Waals surface area contributed by atoms with Crippen molar-refractivity contribution in [2.75, 3.05) is 6.61 Å². The number of aliphatic hydroxyl groups excluding tert-OH is 1. The second-order valence-corrected chi connectivity index (χ2v) is 5.74. The standard InChI is InChI=1S/C13H22O3/c1-12(2,3)10-4-6-13(7-5-10,8-9-14)11(15)16/h4,14H,5-9H2,1-3H3,(H,15,16). The van der Waals surface area contributed by atoms with Gasteiger partial charge in [-0.15, -0.1) is 0 Å². The second kappa shape index (κ2) is 4.58. The Morgan fingerprint density at radius 1 is 1.50 bits per heavy atom. The highest BCUT2D eigenvalue weighted by molar-refractivity contribution is 5.75. The number of carbonyl (C=O) groups is 1. The quantitative estimate of drug-likeness (QED) is 0.727. The molecule has 3 heteroatoms. The van der Waals surface area contributed by atoms with Crippen LogP contribution in [0.5, 0.6) is 0 Å². The highest BCUT2D eigenvalue weighted by Gasteiger charge is 2.40. The van der Waals surface area contributed by atoms with Crippen LogP contribution in [0.3, 0.4) is 0 Å². The summed E-state index contributed by atoms with van der Waals surface area (Å²) in [5.74, 6) is -0.772. The minimum atomic E-state index is -0.772. The average molecular weight is 226 g/mol. The Hall–Kier alpha value is -0.830. The van der Waals surface area contributed by atoms with Gasteiger partial charge in [-0.1, -0.05) is 32.4 Å². The van der Waals surface area contributed by atoms with Gasteiger partial charge < -0.3 is 10.2 Å². The van der Waals surface area contributed by atoms with E-state index in [0.29, 0.717) is 19.3 Å². The number of hydrogen-bond donors (Lipinski definition) is 2. The molecule has 0 aromatic rings. The molecule has 2 N–H and O–H groups in total. The summed E-state index contributed by atoms with van der Waals surface area (Å²) in [6.07, 6.45) is 4.45. The Balaban J connectivity index is 2.84. The largest absolute Gasteiger partial charge is 0.481 e. The summed E-state index contributed by atoms with van der Waals surface area (Å²) in [6, 6.07) is 0. The maximum absolute atomic E-state index is 11.3. The third kappa shape index (κ3) is 2.64. The number of allylic oxidation sites excluding steroid dienone is 2. The van der Waals surface area contributed by atoms with E-state index in [4.69, 9.17) is 5.11 Å². The minimum absolute atomic E-state index is 0.0506. The summed E-state index contributed by atoms with van der Waals surface area (Å²) in [5.41, 5.74) is 0.732. The van der Waals surface area contributed by atoms with Crippen LogP contribution < -0.4 is 0 Å². The van der Waals surface area contributed by atoms with Crippen molar-refractivity contribution in [3.63, 3.8) is 0 Å². The Morgan fingerprint density at radius 2 is 2.12 bits per heavy atom. The third-order valence-corrected chi connectivity index (χ3v) is 3.62. The van der Waals surface area contributed by atoms with Crippen molar-refractivity contribution in [3.8, 4) is 0 Å². The van der Waals surface area contributed by atoms with Crippen LogP contribution in [0.1, 0.15) is 46.5 Å². The van der Waals surface area contributed by atoms with Crippen molar-refractivity contribution in [2.45, 2.75) is 46.5 Å². The minimum Gasteiger partial charge on any atom is -0.481 e. The molecule has 1 atom stereocenters. The topological polar surface area (TPSA) is 57.5 Å². The van der Waals surface area contributed by atoms with E-state index in [-0.39, 0.29) is 12.0 Å². The van der Waals surface area contributed by atoms with Crippen LogP contribution in [-0.4, -0.2) is 22.8 Å². The normalized spacial score (nSPS) is 26.4. The molecule has 0 fully saturated rings. The average Bonchev–Trinajstić information content (AvgIpc) is 2.17. The molecule has 0 saturated carbocycles. The summed E-state index contributed by atoms with van der Waals surface area (Å²) < 4.78 is 0. The van der Waals surface area contributed by atoms with Crippen LogP contribution >= 0.6 is 0 Å². The maximum Gasteiger partial charge on any atom is 0.310 e. The maximum atomic E-state index is 11.3. The van der Waals surface area contributed by atoms with Gasteiger partial charge in [-0.2, -0.15) is 0 Å². The zero-order chi connectivity index (χ0) is 12.4. The molecule has 0 aromatic carbocycles. The lowest BCUT2D eigenvalue weighted by atomic mass is 9.68. The Labute approximate surface area is 97.2 Å². The molecule has 0 spiro atoms. The SMILES string of the molecule is CC(C)(C)C1=CCC(CCO)(C(=O)O)CC1. The number of rotatable bonds is 3. The van der Waals surface area contributed by atoms with Crippen molar-refractivity contribution < 1.29 is 15.0 Å². The first kappa shape index (κ1) is 13.2. The first-order valence-corrected chi connectivity index (χ1v) is 5.86. The zero-order valence-corrected chi connectivity index (χ0v) is 10.4. The van der Waals surface area contributed by atoms with Gasteiger partial charge in [-0.05, 0) is 31.1 Å². The van der Waals surface area contributed by atoms with E-state index >= 15 is 0 Å². The van der Waals surface area contributed by atoms with Crippen molar-refractivity contribution in [3.05, 3.63) is 11.6 Å². The number of hydrogen-bond acceptors (Lipinski definition) is 2. The lowest BCUT2D eigenvalue weighted by Gasteiger charge is -2.35. The molecule has 92 valence electrons. The lowest BCUT2D eigenvalue weighted by molar-refractivity contribution is -0.150. The monoisotopic (exact) mass is 226 g/mol. The van der Waals surface area contributed by atoms with E-state index in [1.807, 2.05) is 0 Å². The molecule has 0 amide bonds. The van der Waals surface area contributed by atoms with Crippen LogP contribution in [0.25, 0.3) is 0 Å². The molecule has 0 heterocycles. The molecule has 0 aromatic heterocycles. The van der Waals surface area contributed by atoms with E-state index < -0.39 is 11.4 Å². The molecule has 3 nitrogen and oxygen atoms in total. The molecule has 0 aliphatic heterocycles. The van der Waals surface area contributed by atoms with Gasteiger partial charge in [-0.25, -0.2) is 0 Å². The molecule has 1 aliphatic carbocycles. The Morgan fingerprint density at radius 3 is 2.44 bits per heavy atom. The van der Waals surface area contributed by atoms with E-state index in [0.717, 1.165) is 6.42 Å². The Bertz CT molecular complexity index is 299. The highest BCUT2D eigenvalue weighted by atomic mass is 16.4. The van der Waals surface area contributed by atoms with E-state index in [9.17, 15) is 9.90 Å². The predicted molar refractivity (Wildman–Crippen MR) is 63.2 cm³/mol. The molecule has 16 heavy (non-hydrogen) atoms. The molecule has 1 aliphatic rings. The van der Waals surface area contributed by atoms with E-state index in [1.165, 1.54) is 5.57 Å². The fourth-order valence-corrected chi connectivity index (χ4v) is 2.32. The molecular weight excluding hydrogens is 204 g/mol. The molecule has 0 bridgehead atoms. The summed E-state index contributed by atoms with van der Waals surface area (Å²) in [6.45, 7) is 6.40. The molecule has 1 unspecified atom stereocenters. The number of aliphatic carboxylic acids is 1. The van der Waals surface area contributed by atoms with Crippen molar-refractivity contribution in [1.29, 1.82) is 0 Å². The first-order chi connectivity index (χ1) is 7.32. The second-order valence-electron chi connectivity index (χ2n) is 5.74. The lowest BCUT2D eigenvalue weighted by Crippen LogP contribution is -2.34. The number of carboxylic acids is 1. The number of carboxylic acid groups (broad SMARTS) is 1. The summed E-state index contributed by atoms with van der Waals surface area (Å²) in [4.78, 5) is 11.3. The summed E-state index contributed by atoms with van der Waals surface area (Å²) >= 11 is 0. The van der Waals surface area contributed by atoms with Gasteiger partial charge in [0, 0.05) is 6.61 Å². The van der Waals surface area contributed by atoms with Gasteiger partial charge in [0.05, 0.1) is 5.41 Å².